The summed E-state index contributed by atoms with van der Waals surface area (Å²) in [6, 6.07) is 4.95. The molecule has 0 bridgehead atoms. The van der Waals surface area contributed by atoms with Crippen LogP contribution in [0.15, 0.2) is 46.5 Å². The average molecular weight is 418 g/mol. The van der Waals surface area contributed by atoms with Crippen molar-refractivity contribution in [1.29, 1.82) is 0 Å². The zero-order valence-electron chi connectivity index (χ0n) is 16.1. The molecule has 3 heterocycles. The molecule has 29 heavy (non-hydrogen) atoms. The smallest absolute Gasteiger partial charge is 0.256 e. The number of rotatable bonds is 3. The van der Waals surface area contributed by atoms with Gasteiger partial charge in [-0.1, -0.05) is 6.07 Å². The lowest BCUT2D eigenvalue weighted by Crippen LogP contribution is -2.48. The van der Waals surface area contributed by atoms with Crippen LogP contribution in [0.2, 0.25) is 0 Å². The number of amides is 1. The molecule has 0 aromatic heterocycles. The van der Waals surface area contributed by atoms with E-state index in [2.05, 4.69) is 9.71 Å². The van der Waals surface area contributed by atoms with Crippen molar-refractivity contribution < 1.29 is 17.6 Å². The quantitative estimate of drug-likeness (QED) is 0.808. The lowest BCUT2D eigenvalue weighted by Gasteiger charge is -2.35. The molecule has 0 aliphatic carbocycles. The van der Waals surface area contributed by atoms with Crippen molar-refractivity contribution in [2.45, 2.75) is 25.8 Å². The van der Waals surface area contributed by atoms with Crippen LogP contribution in [0.25, 0.3) is 0 Å². The van der Waals surface area contributed by atoms with Crippen LogP contribution >= 0.6 is 0 Å². The van der Waals surface area contributed by atoms with E-state index in [0.717, 1.165) is 24.9 Å². The van der Waals surface area contributed by atoms with Crippen molar-refractivity contribution in [2.24, 2.45) is 4.40 Å². The Balaban J connectivity index is 1.43. The highest BCUT2D eigenvalue weighted by Gasteiger charge is 2.27. The Morgan fingerprint density at radius 2 is 2.10 bits per heavy atom. The van der Waals surface area contributed by atoms with Gasteiger partial charge in [-0.15, -0.1) is 4.40 Å². The number of anilines is 1. The summed E-state index contributed by atoms with van der Waals surface area (Å²) in [6.07, 6.45) is 6.42. The molecular formula is C20H23FN4O3S. The lowest BCUT2D eigenvalue weighted by atomic mass is 10.0. The van der Waals surface area contributed by atoms with Crippen LogP contribution in [0, 0.1) is 12.7 Å². The van der Waals surface area contributed by atoms with Gasteiger partial charge in [0.15, 0.2) is 0 Å². The molecule has 3 aliphatic rings. The summed E-state index contributed by atoms with van der Waals surface area (Å²) in [5.74, 6) is -0.237. The number of nitrogens with zero attached hydrogens (tertiary/aromatic N) is 3. The highest BCUT2D eigenvalue weighted by Crippen LogP contribution is 2.25. The lowest BCUT2D eigenvalue weighted by molar-refractivity contribution is -0.118. The Hall–Kier alpha value is -2.68. The molecule has 9 heteroatoms. The molecule has 1 fully saturated rings. The minimum absolute atomic E-state index is 0.0740. The second-order valence-corrected chi connectivity index (χ2v) is 9.31. The number of amidine groups is 1. The predicted octanol–water partition coefficient (Wildman–Crippen LogP) is 1.72. The maximum absolute atomic E-state index is 14.2. The molecule has 3 aliphatic heterocycles. The van der Waals surface area contributed by atoms with Gasteiger partial charge in [-0.05, 0) is 49.6 Å². The van der Waals surface area contributed by atoms with Crippen LogP contribution < -0.4 is 10.2 Å². The predicted molar refractivity (Wildman–Crippen MR) is 110 cm³/mol. The Bertz CT molecular complexity index is 1030. The molecule has 0 saturated carbocycles. The molecule has 154 valence electrons. The first kappa shape index (κ1) is 19.6. The van der Waals surface area contributed by atoms with Crippen LogP contribution in [0.5, 0.6) is 0 Å². The molecule has 0 radical (unpaired) electrons. The number of sulfonamides is 1. The molecule has 1 atom stereocenters. The van der Waals surface area contributed by atoms with Crippen molar-refractivity contribution in [1.82, 2.24) is 10.2 Å². The molecule has 1 unspecified atom stereocenters. The summed E-state index contributed by atoms with van der Waals surface area (Å²) in [7, 11) is -3.42. The Morgan fingerprint density at radius 3 is 2.93 bits per heavy atom. The Labute approximate surface area is 169 Å². The van der Waals surface area contributed by atoms with E-state index in [4.69, 9.17) is 0 Å². The number of aryl methyl sites for hydroxylation is 1. The Kier molecular flexibility index (Phi) is 5.16. The third kappa shape index (κ3) is 4.34. The molecule has 7 nitrogen and oxygen atoms in total. The number of hydrogen-bond acceptors (Lipinski definition) is 5. The van der Waals surface area contributed by atoms with Gasteiger partial charge in [0, 0.05) is 31.9 Å². The zero-order valence-corrected chi connectivity index (χ0v) is 17.0. The van der Waals surface area contributed by atoms with E-state index < -0.39 is 10.0 Å². The molecule has 1 aromatic carbocycles. The average Bonchev–Trinajstić information content (AvgIpc) is 2.69. The maximum Gasteiger partial charge on any atom is 0.256 e. The van der Waals surface area contributed by atoms with Gasteiger partial charge < -0.3 is 15.1 Å². The highest BCUT2D eigenvalue weighted by atomic mass is 32.2. The minimum atomic E-state index is -3.42. The molecule has 1 aromatic rings. The van der Waals surface area contributed by atoms with E-state index in [-0.39, 0.29) is 30.1 Å². The second kappa shape index (κ2) is 7.62. The van der Waals surface area contributed by atoms with Gasteiger partial charge >= 0.3 is 0 Å². The molecule has 4 rings (SSSR count). The standard InChI is InChI=1S/C20H23FN4O3S/c1-14-4-6-17(21)18(11-14)24-8-2-3-16(13-24)22-20(26)15-5-7-19-23-29(27,28)10-9-25(19)12-15/h4-7,11-12,16H,2-3,8-10,13H2,1H3,(H,22,26). The summed E-state index contributed by atoms with van der Waals surface area (Å²) in [6.45, 7) is 3.48. The fourth-order valence-corrected chi connectivity index (χ4v) is 4.75. The molecule has 1 amide bonds. The largest absolute Gasteiger partial charge is 0.367 e. The van der Waals surface area contributed by atoms with E-state index in [1.54, 1.807) is 29.3 Å². The maximum atomic E-state index is 14.2. The van der Waals surface area contributed by atoms with E-state index >= 15 is 0 Å². The van der Waals surface area contributed by atoms with Gasteiger partial charge in [-0.2, -0.15) is 0 Å². The third-order valence-electron chi connectivity index (χ3n) is 5.29. The highest BCUT2D eigenvalue weighted by molar-refractivity contribution is 7.90. The van der Waals surface area contributed by atoms with E-state index in [1.807, 2.05) is 17.9 Å². The SMILES string of the molecule is Cc1ccc(F)c(N2CCCC(NC(=O)C3=CN4CCS(=O)(=O)N=C4C=C3)C2)c1. The topological polar surface area (TPSA) is 82.1 Å². The van der Waals surface area contributed by atoms with Crippen molar-refractivity contribution in [3.05, 3.63) is 53.5 Å². The molecule has 0 spiro atoms. The van der Waals surface area contributed by atoms with Crippen LogP contribution in [-0.4, -0.2) is 56.5 Å². The monoisotopic (exact) mass is 418 g/mol. The number of hydrogen-bond donors (Lipinski definition) is 1. The summed E-state index contributed by atoms with van der Waals surface area (Å²) in [4.78, 5) is 16.4. The van der Waals surface area contributed by atoms with Gasteiger partial charge in [0.25, 0.3) is 15.9 Å². The van der Waals surface area contributed by atoms with Gasteiger partial charge in [-0.25, -0.2) is 12.8 Å². The summed E-state index contributed by atoms with van der Waals surface area (Å²) in [5, 5.41) is 3.03. The normalized spacial score (nSPS) is 23.2. The summed E-state index contributed by atoms with van der Waals surface area (Å²) >= 11 is 0. The van der Waals surface area contributed by atoms with Gasteiger partial charge in [-0.3, -0.25) is 4.79 Å². The summed E-state index contributed by atoms with van der Waals surface area (Å²) in [5.41, 5.74) is 2.00. The van der Waals surface area contributed by atoms with Gasteiger partial charge in [0.1, 0.15) is 11.7 Å². The van der Waals surface area contributed by atoms with E-state index in [9.17, 15) is 17.6 Å². The van der Waals surface area contributed by atoms with E-state index in [1.165, 1.54) is 6.07 Å². The van der Waals surface area contributed by atoms with Gasteiger partial charge in [0.2, 0.25) is 0 Å². The number of carbonyl (C=O) groups excluding carboxylic acids is 1. The molecule has 1 saturated heterocycles. The van der Waals surface area contributed by atoms with Gasteiger partial charge in [0.05, 0.1) is 17.0 Å². The van der Waals surface area contributed by atoms with Crippen LogP contribution in [0.4, 0.5) is 10.1 Å². The number of carbonyl (C=O) groups is 1. The fourth-order valence-electron chi connectivity index (χ4n) is 3.78. The summed E-state index contributed by atoms with van der Waals surface area (Å²) < 4.78 is 41.1. The van der Waals surface area contributed by atoms with Crippen molar-refractivity contribution in [2.75, 3.05) is 30.3 Å². The molecular weight excluding hydrogens is 395 g/mol. The third-order valence-corrected chi connectivity index (χ3v) is 6.45. The number of benzene rings is 1. The first-order valence-electron chi connectivity index (χ1n) is 9.62. The zero-order chi connectivity index (χ0) is 20.6. The number of nitrogens with one attached hydrogen (secondary N) is 1. The Morgan fingerprint density at radius 1 is 1.28 bits per heavy atom. The van der Waals surface area contributed by atoms with Crippen molar-refractivity contribution in [3.63, 3.8) is 0 Å². The fraction of sp³-hybridized carbons (Fsp3) is 0.400. The van der Waals surface area contributed by atoms with Crippen molar-refractivity contribution in [3.8, 4) is 0 Å². The van der Waals surface area contributed by atoms with Crippen LogP contribution in [0.3, 0.4) is 0 Å². The van der Waals surface area contributed by atoms with E-state index in [0.29, 0.717) is 23.6 Å². The first-order chi connectivity index (χ1) is 13.8. The van der Waals surface area contributed by atoms with Crippen LogP contribution in [0.1, 0.15) is 18.4 Å². The number of fused-ring (bicyclic) bond motifs is 1. The van der Waals surface area contributed by atoms with Crippen LogP contribution in [-0.2, 0) is 14.8 Å². The number of halogens is 1. The second-order valence-electron chi connectivity index (χ2n) is 7.56. The van der Waals surface area contributed by atoms with Crippen molar-refractivity contribution >= 4 is 27.5 Å². The minimum Gasteiger partial charge on any atom is -0.367 e. The number of piperidine rings is 1. The first-order valence-corrected chi connectivity index (χ1v) is 11.2. The molecule has 1 N–H and O–H groups in total.